The standard InChI is InChI=1S/C19H18N4O3S/c1-13-3-5-17(6-4-13)27-18-10-15(9-16(11-18)23(25)26)21-19(24)12-22-14(2)7-8-20-22/h3-11H,12H2,1-2H3,(H,21,24). The van der Waals surface area contributed by atoms with Crippen LogP contribution in [0.25, 0.3) is 0 Å². The van der Waals surface area contributed by atoms with E-state index in [1.807, 2.05) is 38.1 Å². The summed E-state index contributed by atoms with van der Waals surface area (Å²) in [7, 11) is 0. The summed E-state index contributed by atoms with van der Waals surface area (Å²) in [6.07, 6.45) is 1.62. The average molecular weight is 382 g/mol. The smallest absolute Gasteiger partial charge is 0.272 e. The predicted molar refractivity (Wildman–Crippen MR) is 104 cm³/mol. The second-order valence-corrected chi connectivity index (χ2v) is 7.21. The first-order chi connectivity index (χ1) is 12.9. The van der Waals surface area contributed by atoms with Gasteiger partial charge in [-0.25, -0.2) is 0 Å². The van der Waals surface area contributed by atoms with E-state index in [1.165, 1.54) is 23.9 Å². The van der Waals surface area contributed by atoms with Crippen LogP contribution in [0.2, 0.25) is 0 Å². The Hall–Kier alpha value is -3.13. The third-order valence-corrected chi connectivity index (χ3v) is 4.84. The van der Waals surface area contributed by atoms with Gasteiger partial charge in [-0.2, -0.15) is 5.10 Å². The molecule has 2 aromatic carbocycles. The monoisotopic (exact) mass is 382 g/mol. The SMILES string of the molecule is Cc1ccc(Sc2cc(NC(=O)Cn3nccc3C)cc([N+](=O)[O-])c2)cc1. The van der Waals surface area contributed by atoms with Crippen molar-refractivity contribution in [1.82, 2.24) is 9.78 Å². The van der Waals surface area contributed by atoms with Crippen LogP contribution in [-0.2, 0) is 11.3 Å². The fourth-order valence-corrected chi connectivity index (χ4v) is 3.37. The Kier molecular flexibility index (Phi) is 5.56. The van der Waals surface area contributed by atoms with Gasteiger partial charge in [-0.15, -0.1) is 0 Å². The second-order valence-electron chi connectivity index (χ2n) is 6.07. The molecule has 0 spiro atoms. The van der Waals surface area contributed by atoms with Crippen LogP contribution >= 0.6 is 11.8 Å². The van der Waals surface area contributed by atoms with Crippen LogP contribution in [-0.4, -0.2) is 20.6 Å². The number of nitrogens with one attached hydrogen (secondary N) is 1. The molecule has 1 N–H and O–H groups in total. The van der Waals surface area contributed by atoms with Crippen molar-refractivity contribution < 1.29 is 9.72 Å². The maximum absolute atomic E-state index is 12.3. The van der Waals surface area contributed by atoms with Crippen molar-refractivity contribution in [2.45, 2.75) is 30.2 Å². The van der Waals surface area contributed by atoms with E-state index in [0.717, 1.165) is 16.2 Å². The lowest BCUT2D eigenvalue weighted by molar-refractivity contribution is -0.385. The van der Waals surface area contributed by atoms with Gasteiger partial charge in [0.15, 0.2) is 0 Å². The Morgan fingerprint density at radius 3 is 2.52 bits per heavy atom. The Bertz CT molecular complexity index is 983. The van der Waals surface area contributed by atoms with Crippen LogP contribution in [0, 0.1) is 24.0 Å². The summed E-state index contributed by atoms with van der Waals surface area (Å²) in [5.74, 6) is -0.298. The van der Waals surface area contributed by atoms with Gasteiger partial charge in [0, 0.05) is 39.5 Å². The molecule has 0 fully saturated rings. The molecule has 0 bridgehead atoms. The first-order valence-corrected chi connectivity index (χ1v) is 9.04. The number of aromatic nitrogens is 2. The van der Waals surface area contributed by atoms with E-state index in [2.05, 4.69) is 10.4 Å². The fourth-order valence-electron chi connectivity index (χ4n) is 2.46. The van der Waals surface area contributed by atoms with Crippen LogP contribution in [0.5, 0.6) is 0 Å². The summed E-state index contributed by atoms with van der Waals surface area (Å²) in [5.41, 5.74) is 2.31. The molecular weight excluding hydrogens is 364 g/mol. The minimum Gasteiger partial charge on any atom is -0.324 e. The number of hydrogen-bond donors (Lipinski definition) is 1. The molecule has 8 heteroatoms. The van der Waals surface area contributed by atoms with Gasteiger partial charge >= 0.3 is 0 Å². The second kappa shape index (κ2) is 8.05. The zero-order valence-corrected chi connectivity index (χ0v) is 15.7. The lowest BCUT2D eigenvalue weighted by Gasteiger charge is -2.09. The summed E-state index contributed by atoms with van der Waals surface area (Å²) < 4.78 is 1.56. The highest BCUT2D eigenvalue weighted by atomic mass is 32.2. The average Bonchev–Trinajstić information content (AvgIpc) is 3.01. The number of non-ortho nitro benzene ring substituents is 1. The number of nitrogens with zero attached hydrogens (tertiary/aromatic N) is 3. The highest BCUT2D eigenvalue weighted by Gasteiger charge is 2.13. The molecule has 7 nitrogen and oxygen atoms in total. The molecular formula is C19H18N4O3S. The normalized spacial score (nSPS) is 10.6. The van der Waals surface area contributed by atoms with Crippen molar-refractivity contribution in [2.75, 3.05) is 5.32 Å². The van der Waals surface area contributed by atoms with Crippen LogP contribution < -0.4 is 5.32 Å². The molecule has 1 heterocycles. The minimum atomic E-state index is -0.466. The molecule has 3 rings (SSSR count). The summed E-state index contributed by atoms with van der Waals surface area (Å²) in [5, 5.41) is 18.0. The molecule has 0 unspecified atom stereocenters. The largest absolute Gasteiger partial charge is 0.324 e. The van der Waals surface area contributed by atoms with Crippen molar-refractivity contribution in [1.29, 1.82) is 0 Å². The van der Waals surface area contributed by atoms with Gasteiger partial charge in [-0.1, -0.05) is 29.5 Å². The maximum Gasteiger partial charge on any atom is 0.272 e. The molecule has 138 valence electrons. The van der Waals surface area contributed by atoms with Gasteiger partial charge < -0.3 is 5.32 Å². The molecule has 0 aliphatic heterocycles. The van der Waals surface area contributed by atoms with E-state index in [4.69, 9.17) is 0 Å². The topological polar surface area (TPSA) is 90.1 Å². The number of nitro benzene ring substituents is 1. The zero-order chi connectivity index (χ0) is 19.4. The Balaban J connectivity index is 1.80. The number of carbonyl (C=O) groups is 1. The van der Waals surface area contributed by atoms with E-state index in [1.54, 1.807) is 23.0 Å². The van der Waals surface area contributed by atoms with E-state index in [9.17, 15) is 14.9 Å². The van der Waals surface area contributed by atoms with Gasteiger partial charge in [0.25, 0.3) is 5.69 Å². The number of amides is 1. The Labute approximate surface area is 160 Å². The first-order valence-electron chi connectivity index (χ1n) is 8.23. The number of aryl methyl sites for hydroxylation is 2. The van der Waals surface area contributed by atoms with Crippen molar-refractivity contribution in [3.05, 3.63) is 76.1 Å². The van der Waals surface area contributed by atoms with Crippen LogP contribution in [0.3, 0.4) is 0 Å². The van der Waals surface area contributed by atoms with Gasteiger partial charge in [0.2, 0.25) is 5.91 Å². The van der Waals surface area contributed by atoms with E-state index in [0.29, 0.717) is 10.6 Å². The molecule has 0 saturated carbocycles. The van der Waals surface area contributed by atoms with Crippen molar-refractivity contribution in [3.8, 4) is 0 Å². The van der Waals surface area contributed by atoms with Gasteiger partial charge in [-0.05, 0) is 38.1 Å². The minimum absolute atomic E-state index is 0.0436. The third kappa shape index (κ3) is 4.95. The number of carbonyl (C=O) groups excluding carboxylic acids is 1. The van der Waals surface area contributed by atoms with Crippen molar-refractivity contribution in [2.24, 2.45) is 0 Å². The zero-order valence-electron chi connectivity index (χ0n) is 14.9. The molecule has 0 aliphatic rings. The van der Waals surface area contributed by atoms with Crippen LogP contribution in [0.4, 0.5) is 11.4 Å². The number of nitro groups is 1. The summed E-state index contributed by atoms with van der Waals surface area (Å²) in [6, 6.07) is 14.3. The quantitative estimate of drug-likeness (QED) is 0.510. The highest BCUT2D eigenvalue weighted by molar-refractivity contribution is 7.99. The molecule has 3 aromatic rings. The molecule has 0 aliphatic carbocycles. The van der Waals surface area contributed by atoms with Crippen LogP contribution in [0.15, 0.2) is 64.5 Å². The number of hydrogen-bond acceptors (Lipinski definition) is 5. The lowest BCUT2D eigenvalue weighted by atomic mass is 10.2. The first kappa shape index (κ1) is 18.7. The summed E-state index contributed by atoms with van der Waals surface area (Å²) in [4.78, 5) is 24.7. The predicted octanol–water partition coefficient (Wildman–Crippen LogP) is 4.20. The molecule has 1 aromatic heterocycles. The van der Waals surface area contributed by atoms with Crippen molar-refractivity contribution >= 4 is 29.0 Å². The number of anilines is 1. The summed E-state index contributed by atoms with van der Waals surface area (Å²) in [6.45, 7) is 3.89. The number of rotatable bonds is 6. The van der Waals surface area contributed by atoms with Gasteiger partial charge in [0.05, 0.1) is 4.92 Å². The Morgan fingerprint density at radius 1 is 1.15 bits per heavy atom. The highest BCUT2D eigenvalue weighted by Crippen LogP contribution is 2.33. The van der Waals surface area contributed by atoms with E-state index < -0.39 is 4.92 Å². The number of benzene rings is 2. The van der Waals surface area contributed by atoms with E-state index in [-0.39, 0.29) is 18.1 Å². The Morgan fingerprint density at radius 2 is 1.89 bits per heavy atom. The molecule has 0 saturated heterocycles. The van der Waals surface area contributed by atoms with Crippen LogP contribution in [0.1, 0.15) is 11.3 Å². The maximum atomic E-state index is 12.3. The molecule has 0 atom stereocenters. The van der Waals surface area contributed by atoms with Gasteiger partial charge in [-0.3, -0.25) is 19.6 Å². The lowest BCUT2D eigenvalue weighted by Crippen LogP contribution is -2.20. The van der Waals surface area contributed by atoms with Gasteiger partial charge in [0.1, 0.15) is 6.54 Å². The molecule has 0 radical (unpaired) electrons. The third-order valence-electron chi connectivity index (χ3n) is 3.86. The summed E-state index contributed by atoms with van der Waals surface area (Å²) >= 11 is 1.40. The van der Waals surface area contributed by atoms with Crippen molar-refractivity contribution in [3.63, 3.8) is 0 Å². The molecule has 1 amide bonds. The van der Waals surface area contributed by atoms with E-state index >= 15 is 0 Å². The fraction of sp³-hybridized carbons (Fsp3) is 0.158. The molecule has 27 heavy (non-hydrogen) atoms.